The van der Waals surface area contributed by atoms with Gasteiger partial charge in [-0.15, -0.1) is 0 Å². The van der Waals surface area contributed by atoms with E-state index in [9.17, 15) is 0 Å². The number of hydrazine groups is 1. The molecular formula is C16H19ClN2. The quantitative estimate of drug-likeness (QED) is 0.659. The third-order valence-corrected chi connectivity index (χ3v) is 3.74. The van der Waals surface area contributed by atoms with Gasteiger partial charge in [-0.25, -0.2) is 0 Å². The monoisotopic (exact) mass is 274 g/mol. The molecule has 2 nitrogen and oxygen atoms in total. The largest absolute Gasteiger partial charge is 0.271 e. The van der Waals surface area contributed by atoms with Gasteiger partial charge in [-0.05, 0) is 54.7 Å². The first-order chi connectivity index (χ1) is 9.10. The molecular weight excluding hydrogens is 256 g/mol. The van der Waals surface area contributed by atoms with Gasteiger partial charge in [0, 0.05) is 11.1 Å². The highest BCUT2D eigenvalue weighted by Crippen LogP contribution is 2.21. The van der Waals surface area contributed by atoms with Crippen molar-refractivity contribution in [1.29, 1.82) is 0 Å². The standard InChI is InChI=1S/C16H19ClN2/c1-11-3-4-13(9-12(11)2)10-16(19-18)14-5-7-15(17)8-6-14/h3-9,16,19H,10,18H2,1-2H3. The van der Waals surface area contributed by atoms with Crippen LogP contribution in [-0.4, -0.2) is 0 Å². The molecule has 0 spiro atoms. The highest BCUT2D eigenvalue weighted by Gasteiger charge is 2.10. The van der Waals surface area contributed by atoms with Crippen LogP contribution in [0.15, 0.2) is 42.5 Å². The molecule has 0 amide bonds. The van der Waals surface area contributed by atoms with Crippen LogP contribution in [0.4, 0.5) is 0 Å². The number of nitrogens with one attached hydrogen (secondary N) is 1. The molecule has 0 saturated heterocycles. The summed E-state index contributed by atoms with van der Waals surface area (Å²) in [7, 11) is 0. The van der Waals surface area contributed by atoms with Crippen LogP contribution in [-0.2, 0) is 6.42 Å². The third kappa shape index (κ3) is 3.57. The van der Waals surface area contributed by atoms with E-state index in [0.717, 1.165) is 17.0 Å². The number of halogens is 1. The molecule has 0 heterocycles. The van der Waals surface area contributed by atoms with Gasteiger partial charge >= 0.3 is 0 Å². The zero-order valence-corrected chi connectivity index (χ0v) is 12.0. The first kappa shape index (κ1) is 14.1. The van der Waals surface area contributed by atoms with E-state index in [-0.39, 0.29) is 6.04 Å². The lowest BCUT2D eigenvalue weighted by Gasteiger charge is -2.17. The molecule has 0 radical (unpaired) electrons. The van der Waals surface area contributed by atoms with Crippen molar-refractivity contribution in [3.63, 3.8) is 0 Å². The van der Waals surface area contributed by atoms with Gasteiger partial charge in [0.05, 0.1) is 0 Å². The molecule has 2 aromatic carbocycles. The zero-order chi connectivity index (χ0) is 13.8. The van der Waals surface area contributed by atoms with E-state index in [1.165, 1.54) is 16.7 Å². The van der Waals surface area contributed by atoms with Crippen LogP contribution in [0.1, 0.15) is 28.3 Å². The van der Waals surface area contributed by atoms with Gasteiger partial charge in [0.2, 0.25) is 0 Å². The maximum absolute atomic E-state index is 5.91. The highest BCUT2D eigenvalue weighted by molar-refractivity contribution is 6.30. The summed E-state index contributed by atoms with van der Waals surface area (Å²) in [6, 6.07) is 14.4. The number of aryl methyl sites for hydroxylation is 2. The van der Waals surface area contributed by atoms with E-state index < -0.39 is 0 Å². The Kier molecular flexibility index (Phi) is 4.59. The van der Waals surface area contributed by atoms with Gasteiger partial charge in [-0.2, -0.15) is 0 Å². The number of rotatable bonds is 4. The van der Waals surface area contributed by atoms with Crippen molar-refractivity contribution in [2.24, 2.45) is 5.84 Å². The normalized spacial score (nSPS) is 12.4. The van der Waals surface area contributed by atoms with E-state index >= 15 is 0 Å². The Morgan fingerprint density at radius 1 is 1.05 bits per heavy atom. The minimum atomic E-state index is 0.0966. The lowest BCUT2D eigenvalue weighted by Crippen LogP contribution is -2.29. The van der Waals surface area contributed by atoms with Crippen LogP contribution in [0, 0.1) is 13.8 Å². The fourth-order valence-electron chi connectivity index (χ4n) is 2.13. The fraction of sp³-hybridized carbons (Fsp3) is 0.250. The molecule has 1 unspecified atom stereocenters. The molecule has 2 rings (SSSR count). The molecule has 0 aliphatic carbocycles. The summed E-state index contributed by atoms with van der Waals surface area (Å²) in [6.07, 6.45) is 0.860. The molecule has 0 saturated carbocycles. The summed E-state index contributed by atoms with van der Waals surface area (Å²) in [5, 5.41) is 0.741. The van der Waals surface area contributed by atoms with Gasteiger partial charge in [0.25, 0.3) is 0 Å². The maximum atomic E-state index is 5.91. The van der Waals surface area contributed by atoms with Crippen LogP contribution >= 0.6 is 11.6 Å². The third-order valence-electron chi connectivity index (χ3n) is 3.48. The Hall–Kier alpha value is -1.35. The van der Waals surface area contributed by atoms with E-state index in [0.29, 0.717) is 0 Å². The number of nitrogens with two attached hydrogens (primary N) is 1. The molecule has 2 aromatic rings. The lowest BCUT2D eigenvalue weighted by molar-refractivity contribution is 0.552. The second kappa shape index (κ2) is 6.20. The zero-order valence-electron chi connectivity index (χ0n) is 11.3. The molecule has 0 aliphatic heterocycles. The van der Waals surface area contributed by atoms with Crippen molar-refractivity contribution in [3.8, 4) is 0 Å². The minimum absolute atomic E-state index is 0.0966. The Bertz CT molecular complexity index is 549. The van der Waals surface area contributed by atoms with Crippen molar-refractivity contribution in [2.45, 2.75) is 26.3 Å². The molecule has 19 heavy (non-hydrogen) atoms. The van der Waals surface area contributed by atoms with Gasteiger partial charge < -0.3 is 0 Å². The molecule has 3 heteroatoms. The predicted molar refractivity (Wildman–Crippen MR) is 81.1 cm³/mol. The average molecular weight is 275 g/mol. The Morgan fingerprint density at radius 2 is 1.74 bits per heavy atom. The van der Waals surface area contributed by atoms with Crippen LogP contribution < -0.4 is 11.3 Å². The minimum Gasteiger partial charge on any atom is -0.271 e. The number of hydrogen-bond donors (Lipinski definition) is 2. The smallest absolute Gasteiger partial charge is 0.0500 e. The van der Waals surface area contributed by atoms with E-state index in [1.54, 1.807) is 0 Å². The number of hydrogen-bond acceptors (Lipinski definition) is 2. The van der Waals surface area contributed by atoms with Gasteiger partial charge in [0.1, 0.15) is 0 Å². The van der Waals surface area contributed by atoms with Crippen molar-refractivity contribution in [1.82, 2.24) is 5.43 Å². The second-order valence-corrected chi connectivity index (χ2v) is 5.33. The average Bonchev–Trinajstić information content (AvgIpc) is 2.41. The van der Waals surface area contributed by atoms with Gasteiger partial charge in [-0.1, -0.05) is 41.9 Å². The van der Waals surface area contributed by atoms with E-state index in [2.05, 4.69) is 37.5 Å². The predicted octanol–water partition coefficient (Wildman–Crippen LogP) is 3.70. The van der Waals surface area contributed by atoms with Gasteiger partial charge in [0.15, 0.2) is 0 Å². The molecule has 3 N–H and O–H groups in total. The SMILES string of the molecule is Cc1ccc(CC(NN)c2ccc(Cl)cc2)cc1C. The highest BCUT2D eigenvalue weighted by atomic mass is 35.5. The number of benzene rings is 2. The molecule has 0 fully saturated rings. The van der Waals surface area contributed by atoms with Crippen LogP contribution in [0.5, 0.6) is 0 Å². The first-order valence-corrected chi connectivity index (χ1v) is 6.75. The molecule has 0 bridgehead atoms. The van der Waals surface area contributed by atoms with Crippen LogP contribution in [0.3, 0.4) is 0 Å². The van der Waals surface area contributed by atoms with Gasteiger partial charge in [-0.3, -0.25) is 11.3 Å². The van der Waals surface area contributed by atoms with Crippen molar-refractivity contribution < 1.29 is 0 Å². The summed E-state index contributed by atoms with van der Waals surface area (Å²) >= 11 is 5.91. The molecule has 0 aliphatic rings. The first-order valence-electron chi connectivity index (χ1n) is 6.38. The molecule has 0 aromatic heterocycles. The van der Waals surface area contributed by atoms with Crippen molar-refractivity contribution >= 4 is 11.6 Å². The maximum Gasteiger partial charge on any atom is 0.0500 e. The van der Waals surface area contributed by atoms with Crippen LogP contribution in [0.2, 0.25) is 5.02 Å². The Morgan fingerprint density at radius 3 is 2.32 bits per heavy atom. The fourth-order valence-corrected chi connectivity index (χ4v) is 2.26. The summed E-state index contributed by atoms with van der Waals surface area (Å²) in [6.45, 7) is 4.25. The summed E-state index contributed by atoms with van der Waals surface area (Å²) in [4.78, 5) is 0. The van der Waals surface area contributed by atoms with Crippen molar-refractivity contribution in [3.05, 3.63) is 69.7 Å². The molecule has 100 valence electrons. The topological polar surface area (TPSA) is 38.0 Å². The van der Waals surface area contributed by atoms with E-state index in [4.69, 9.17) is 17.4 Å². The molecule has 1 atom stereocenters. The lowest BCUT2D eigenvalue weighted by atomic mass is 9.97. The Labute approximate surface area is 119 Å². The van der Waals surface area contributed by atoms with E-state index in [1.807, 2.05) is 24.3 Å². The summed E-state index contributed by atoms with van der Waals surface area (Å²) < 4.78 is 0. The Balaban J connectivity index is 2.18. The summed E-state index contributed by atoms with van der Waals surface area (Å²) in [5.41, 5.74) is 7.92. The second-order valence-electron chi connectivity index (χ2n) is 4.89. The van der Waals surface area contributed by atoms with Crippen LogP contribution in [0.25, 0.3) is 0 Å². The summed E-state index contributed by atoms with van der Waals surface area (Å²) in [5.74, 6) is 5.68. The van der Waals surface area contributed by atoms with Crippen molar-refractivity contribution in [2.75, 3.05) is 0 Å².